The predicted octanol–water partition coefficient (Wildman–Crippen LogP) is 1.39. The van der Waals surface area contributed by atoms with E-state index in [2.05, 4.69) is 10.2 Å². The van der Waals surface area contributed by atoms with Gasteiger partial charge in [-0.05, 0) is 18.9 Å². The number of piperidine rings is 1. The molecule has 0 amide bonds. The molecule has 1 heterocycles. The Morgan fingerprint density at radius 2 is 2.08 bits per heavy atom. The smallest absolute Gasteiger partial charge is 0.270 e. The van der Waals surface area contributed by atoms with Gasteiger partial charge in [0.25, 0.3) is 5.69 Å². The molecule has 1 N–H and O–H groups in total. The number of sulfone groups is 1. The molecule has 0 spiro atoms. The number of nitriles is 1. The van der Waals surface area contributed by atoms with E-state index in [0.29, 0.717) is 12.2 Å². The van der Waals surface area contributed by atoms with Crippen LogP contribution in [-0.2, 0) is 9.84 Å². The number of hydrogen-bond acceptors (Lipinski definition) is 7. The zero-order valence-corrected chi connectivity index (χ0v) is 14.3. The zero-order chi connectivity index (χ0) is 17.7. The highest BCUT2D eigenvalue weighted by Gasteiger charge is 2.21. The summed E-state index contributed by atoms with van der Waals surface area (Å²) in [6.07, 6.45) is 2.89. The zero-order valence-electron chi connectivity index (χ0n) is 13.4. The summed E-state index contributed by atoms with van der Waals surface area (Å²) in [5.74, 6) is 0.159. The minimum atomic E-state index is -2.95. The highest BCUT2D eigenvalue weighted by Crippen LogP contribution is 2.24. The summed E-state index contributed by atoms with van der Waals surface area (Å²) < 4.78 is 22.4. The van der Waals surface area contributed by atoms with E-state index in [1.54, 1.807) is 6.07 Å². The number of nitrogens with zero attached hydrogens (tertiary/aromatic N) is 3. The Bertz CT molecular complexity index is 749. The van der Waals surface area contributed by atoms with Gasteiger partial charge in [-0.3, -0.25) is 10.1 Å². The molecule has 9 heteroatoms. The Morgan fingerprint density at radius 3 is 2.62 bits per heavy atom. The highest BCUT2D eigenvalue weighted by molar-refractivity contribution is 7.90. The summed E-state index contributed by atoms with van der Waals surface area (Å²) in [6.45, 7) is 2.09. The number of anilines is 1. The number of nitrogens with one attached hydrogen (secondary N) is 1. The van der Waals surface area contributed by atoms with Gasteiger partial charge in [-0.15, -0.1) is 0 Å². The molecule has 130 valence electrons. The molecule has 1 aliphatic heterocycles. The topological polar surface area (TPSA) is 116 Å². The fourth-order valence-corrected chi connectivity index (χ4v) is 3.27. The molecule has 0 saturated carbocycles. The van der Waals surface area contributed by atoms with Crippen molar-refractivity contribution in [3.63, 3.8) is 0 Å². The van der Waals surface area contributed by atoms with Crippen LogP contribution in [0.3, 0.4) is 0 Å². The van der Waals surface area contributed by atoms with E-state index in [9.17, 15) is 18.5 Å². The van der Waals surface area contributed by atoms with E-state index < -0.39 is 14.8 Å². The predicted molar refractivity (Wildman–Crippen MR) is 90.6 cm³/mol. The number of benzene rings is 1. The van der Waals surface area contributed by atoms with Crippen molar-refractivity contribution in [1.82, 2.24) is 4.90 Å². The first kappa shape index (κ1) is 18.2. The molecule has 1 aromatic rings. The van der Waals surface area contributed by atoms with Gasteiger partial charge in [0.15, 0.2) is 0 Å². The summed E-state index contributed by atoms with van der Waals surface area (Å²) in [5.41, 5.74) is 0.745. The first-order chi connectivity index (χ1) is 11.3. The van der Waals surface area contributed by atoms with Gasteiger partial charge in [0.05, 0.1) is 21.9 Å². The Labute approximate surface area is 141 Å². The molecule has 0 aliphatic carbocycles. The monoisotopic (exact) mass is 352 g/mol. The highest BCUT2D eigenvalue weighted by atomic mass is 32.2. The number of non-ortho nitro benzene ring substituents is 1. The third-order valence-corrected chi connectivity index (χ3v) is 4.98. The van der Waals surface area contributed by atoms with Crippen molar-refractivity contribution in [2.24, 2.45) is 0 Å². The van der Waals surface area contributed by atoms with E-state index in [4.69, 9.17) is 5.26 Å². The van der Waals surface area contributed by atoms with Gasteiger partial charge >= 0.3 is 0 Å². The average Bonchev–Trinajstić information content (AvgIpc) is 2.53. The van der Waals surface area contributed by atoms with Crippen LogP contribution < -0.4 is 5.32 Å². The lowest BCUT2D eigenvalue weighted by Gasteiger charge is -2.32. The van der Waals surface area contributed by atoms with Crippen LogP contribution in [0.5, 0.6) is 0 Å². The Morgan fingerprint density at radius 1 is 1.42 bits per heavy atom. The van der Waals surface area contributed by atoms with E-state index in [-0.39, 0.29) is 23.0 Å². The van der Waals surface area contributed by atoms with E-state index in [1.165, 1.54) is 18.4 Å². The summed E-state index contributed by atoms with van der Waals surface area (Å²) in [5, 5.41) is 23.2. The number of nitro groups is 1. The summed E-state index contributed by atoms with van der Waals surface area (Å²) >= 11 is 0. The van der Waals surface area contributed by atoms with Crippen LogP contribution >= 0.6 is 0 Å². The third kappa shape index (κ3) is 5.18. The lowest BCUT2D eigenvalue weighted by Crippen LogP contribution is -2.41. The lowest BCUT2D eigenvalue weighted by atomic mass is 10.0. The number of likely N-dealkylation sites (tertiary alicyclic amines) is 1. The maximum absolute atomic E-state index is 11.2. The molecule has 1 aliphatic rings. The SMILES string of the molecule is CS(=O)(=O)CCN1CCC(Nc2ccc([N+](=O)[O-])cc2C#N)CC1. The second kappa shape index (κ2) is 7.59. The Kier molecular flexibility index (Phi) is 5.75. The molecule has 0 atom stereocenters. The average molecular weight is 352 g/mol. The van der Waals surface area contributed by atoms with E-state index in [1.807, 2.05) is 6.07 Å². The lowest BCUT2D eigenvalue weighted by molar-refractivity contribution is -0.384. The van der Waals surface area contributed by atoms with Gasteiger partial charge < -0.3 is 10.2 Å². The van der Waals surface area contributed by atoms with Crippen LogP contribution in [0.1, 0.15) is 18.4 Å². The fraction of sp³-hybridized carbons (Fsp3) is 0.533. The van der Waals surface area contributed by atoms with Gasteiger partial charge in [-0.25, -0.2) is 8.42 Å². The molecule has 0 unspecified atom stereocenters. The summed E-state index contributed by atoms with van der Waals surface area (Å²) in [6, 6.07) is 6.35. The largest absolute Gasteiger partial charge is 0.381 e. The second-order valence-electron chi connectivity index (χ2n) is 5.99. The molecule has 1 aromatic carbocycles. The minimum absolute atomic E-state index is 0.104. The molecule has 2 rings (SSSR count). The van der Waals surface area contributed by atoms with Crippen LogP contribution in [0.25, 0.3) is 0 Å². The van der Waals surface area contributed by atoms with Crippen molar-refractivity contribution in [3.8, 4) is 6.07 Å². The summed E-state index contributed by atoms with van der Waals surface area (Å²) in [7, 11) is -2.95. The van der Waals surface area contributed by atoms with E-state index in [0.717, 1.165) is 25.9 Å². The molecule has 8 nitrogen and oxygen atoms in total. The standard InChI is InChI=1S/C15H20N4O4S/c1-24(22,23)9-8-18-6-4-13(5-7-18)17-15-3-2-14(19(20)21)10-12(15)11-16/h2-3,10,13,17H,4-9H2,1H3. The third-order valence-electron chi connectivity index (χ3n) is 4.06. The molecule has 0 bridgehead atoms. The van der Waals surface area contributed by atoms with Crippen LogP contribution in [0, 0.1) is 21.4 Å². The molecule has 0 radical (unpaired) electrons. The van der Waals surface area contributed by atoms with Crippen molar-refractivity contribution >= 4 is 21.2 Å². The van der Waals surface area contributed by atoms with Crippen molar-refractivity contribution in [2.45, 2.75) is 18.9 Å². The van der Waals surface area contributed by atoms with Crippen LogP contribution in [0.15, 0.2) is 18.2 Å². The number of nitro benzene ring substituents is 1. The quantitative estimate of drug-likeness (QED) is 0.607. The van der Waals surface area contributed by atoms with Gasteiger partial charge in [0.2, 0.25) is 0 Å². The van der Waals surface area contributed by atoms with Crippen molar-refractivity contribution < 1.29 is 13.3 Å². The molecule has 0 aromatic heterocycles. The maximum Gasteiger partial charge on any atom is 0.270 e. The molecular weight excluding hydrogens is 332 g/mol. The van der Waals surface area contributed by atoms with Crippen LogP contribution in [-0.4, -0.2) is 55.9 Å². The van der Waals surface area contributed by atoms with Gasteiger partial charge in [0, 0.05) is 44.1 Å². The van der Waals surface area contributed by atoms with Gasteiger partial charge in [-0.2, -0.15) is 5.26 Å². The molecular formula is C15H20N4O4S. The number of rotatable bonds is 6. The molecule has 1 fully saturated rings. The van der Waals surface area contributed by atoms with Crippen molar-refractivity contribution in [1.29, 1.82) is 5.26 Å². The van der Waals surface area contributed by atoms with Crippen molar-refractivity contribution in [2.75, 3.05) is 37.0 Å². The maximum atomic E-state index is 11.2. The molecule has 1 saturated heterocycles. The Hall–Kier alpha value is -2.18. The van der Waals surface area contributed by atoms with Crippen LogP contribution in [0.4, 0.5) is 11.4 Å². The van der Waals surface area contributed by atoms with Gasteiger partial charge in [-0.1, -0.05) is 0 Å². The fourth-order valence-electron chi connectivity index (χ4n) is 2.68. The van der Waals surface area contributed by atoms with Gasteiger partial charge in [0.1, 0.15) is 15.9 Å². The first-order valence-corrected chi connectivity index (χ1v) is 9.70. The number of hydrogen-bond donors (Lipinski definition) is 1. The Balaban J connectivity index is 1.92. The van der Waals surface area contributed by atoms with Crippen LogP contribution in [0.2, 0.25) is 0 Å². The van der Waals surface area contributed by atoms with E-state index >= 15 is 0 Å². The molecule has 24 heavy (non-hydrogen) atoms. The normalized spacial score (nSPS) is 16.5. The van der Waals surface area contributed by atoms with Crippen molar-refractivity contribution in [3.05, 3.63) is 33.9 Å². The second-order valence-corrected chi connectivity index (χ2v) is 8.25. The first-order valence-electron chi connectivity index (χ1n) is 7.63. The minimum Gasteiger partial charge on any atom is -0.381 e. The summed E-state index contributed by atoms with van der Waals surface area (Å²) in [4.78, 5) is 12.4.